The van der Waals surface area contributed by atoms with Crippen molar-refractivity contribution in [2.45, 2.75) is 46.0 Å². The molecular formula is C14H20O. The monoisotopic (exact) mass is 204 g/mol. The molecule has 2 rings (SSSR count). The zero-order chi connectivity index (χ0) is 10.8. The first-order chi connectivity index (χ1) is 7.24. The first kappa shape index (κ1) is 10.5. The lowest BCUT2D eigenvalue weighted by Gasteiger charge is -2.26. The lowest BCUT2D eigenvalue weighted by atomic mass is 9.82. The zero-order valence-corrected chi connectivity index (χ0v) is 9.97. The first-order valence-corrected chi connectivity index (χ1v) is 5.99. The summed E-state index contributed by atoms with van der Waals surface area (Å²) < 4.78 is 5.81. The third kappa shape index (κ3) is 1.88. The Balaban J connectivity index is 2.50. The molecule has 0 radical (unpaired) electrons. The Bertz CT molecular complexity index is 355. The maximum absolute atomic E-state index is 5.81. The standard InChI is InChI=1S/C14H20O/c1-4-15-14-11(3)8-9-12-7-5-6-10(2)13(12)14/h8-10H,4-7H2,1-3H3/t10-/m0/s1. The average molecular weight is 204 g/mol. The third-order valence-corrected chi connectivity index (χ3v) is 3.35. The van der Waals surface area contributed by atoms with E-state index in [1.165, 1.54) is 36.0 Å². The van der Waals surface area contributed by atoms with Crippen LogP contribution in [0.1, 0.15) is 49.3 Å². The van der Waals surface area contributed by atoms with E-state index in [2.05, 4.69) is 32.9 Å². The van der Waals surface area contributed by atoms with Gasteiger partial charge in [-0.1, -0.05) is 19.1 Å². The number of ether oxygens (including phenoxy) is 1. The lowest BCUT2D eigenvalue weighted by molar-refractivity contribution is 0.329. The zero-order valence-electron chi connectivity index (χ0n) is 9.97. The van der Waals surface area contributed by atoms with Gasteiger partial charge in [-0.15, -0.1) is 0 Å². The van der Waals surface area contributed by atoms with Crippen molar-refractivity contribution in [3.05, 3.63) is 28.8 Å². The minimum absolute atomic E-state index is 0.662. The fourth-order valence-corrected chi connectivity index (χ4v) is 2.59. The van der Waals surface area contributed by atoms with Crippen LogP contribution in [0.25, 0.3) is 0 Å². The fourth-order valence-electron chi connectivity index (χ4n) is 2.59. The summed E-state index contributed by atoms with van der Waals surface area (Å²) in [7, 11) is 0. The van der Waals surface area contributed by atoms with E-state index in [0.717, 1.165) is 12.4 Å². The topological polar surface area (TPSA) is 9.23 Å². The molecular weight excluding hydrogens is 184 g/mol. The van der Waals surface area contributed by atoms with Gasteiger partial charge in [-0.05, 0) is 50.2 Å². The second kappa shape index (κ2) is 4.26. The van der Waals surface area contributed by atoms with Crippen LogP contribution in [-0.4, -0.2) is 6.61 Å². The van der Waals surface area contributed by atoms with Gasteiger partial charge in [0.1, 0.15) is 5.75 Å². The summed E-state index contributed by atoms with van der Waals surface area (Å²) in [5.41, 5.74) is 4.26. The Labute approximate surface area is 92.5 Å². The number of aryl methyl sites for hydroxylation is 2. The Morgan fingerprint density at radius 3 is 2.93 bits per heavy atom. The van der Waals surface area contributed by atoms with Gasteiger partial charge in [-0.3, -0.25) is 0 Å². The lowest BCUT2D eigenvalue weighted by Crippen LogP contribution is -2.10. The van der Waals surface area contributed by atoms with Gasteiger partial charge in [0, 0.05) is 5.56 Å². The van der Waals surface area contributed by atoms with Crippen molar-refractivity contribution in [2.24, 2.45) is 0 Å². The highest BCUT2D eigenvalue weighted by atomic mass is 16.5. The SMILES string of the molecule is CCOc1c(C)ccc2c1[C@@H](C)CCC2. The molecule has 0 N–H and O–H groups in total. The van der Waals surface area contributed by atoms with E-state index in [9.17, 15) is 0 Å². The van der Waals surface area contributed by atoms with Gasteiger partial charge in [0.05, 0.1) is 6.61 Å². The van der Waals surface area contributed by atoms with Crippen LogP contribution in [0.4, 0.5) is 0 Å². The van der Waals surface area contributed by atoms with E-state index < -0.39 is 0 Å². The molecule has 0 aliphatic heterocycles. The Hall–Kier alpha value is -0.980. The largest absolute Gasteiger partial charge is 0.493 e. The van der Waals surface area contributed by atoms with E-state index in [-0.39, 0.29) is 0 Å². The highest BCUT2D eigenvalue weighted by Gasteiger charge is 2.21. The van der Waals surface area contributed by atoms with Crippen LogP contribution in [-0.2, 0) is 6.42 Å². The van der Waals surface area contributed by atoms with E-state index in [4.69, 9.17) is 4.74 Å². The molecule has 82 valence electrons. The van der Waals surface area contributed by atoms with Crippen molar-refractivity contribution in [1.82, 2.24) is 0 Å². The average Bonchev–Trinajstić information content (AvgIpc) is 2.23. The molecule has 0 bridgehead atoms. The Morgan fingerprint density at radius 1 is 1.40 bits per heavy atom. The maximum atomic E-state index is 5.81. The normalized spacial score (nSPS) is 19.8. The van der Waals surface area contributed by atoms with Gasteiger partial charge in [0.2, 0.25) is 0 Å². The van der Waals surface area contributed by atoms with E-state index >= 15 is 0 Å². The molecule has 1 nitrogen and oxygen atoms in total. The molecule has 0 spiro atoms. The summed E-state index contributed by atoms with van der Waals surface area (Å²) in [5, 5.41) is 0. The highest BCUT2D eigenvalue weighted by Crippen LogP contribution is 2.39. The number of hydrogen-bond donors (Lipinski definition) is 0. The molecule has 0 aromatic heterocycles. The molecule has 1 aromatic rings. The molecule has 0 saturated carbocycles. The summed E-state index contributed by atoms with van der Waals surface area (Å²) in [5.74, 6) is 1.82. The molecule has 0 heterocycles. The summed E-state index contributed by atoms with van der Waals surface area (Å²) in [4.78, 5) is 0. The molecule has 1 heteroatoms. The highest BCUT2D eigenvalue weighted by molar-refractivity contribution is 5.49. The van der Waals surface area contributed by atoms with Gasteiger partial charge in [0.15, 0.2) is 0 Å². The van der Waals surface area contributed by atoms with Crippen LogP contribution < -0.4 is 4.74 Å². The van der Waals surface area contributed by atoms with Crippen LogP contribution in [0.15, 0.2) is 12.1 Å². The fraction of sp³-hybridized carbons (Fsp3) is 0.571. The third-order valence-electron chi connectivity index (χ3n) is 3.35. The van der Waals surface area contributed by atoms with Crippen molar-refractivity contribution in [1.29, 1.82) is 0 Å². The molecule has 0 saturated heterocycles. The molecule has 15 heavy (non-hydrogen) atoms. The van der Waals surface area contributed by atoms with Crippen molar-refractivity contribution in [3.63, 3.8) is 0 Å². The van der Waals surface area contributed by atoms with Crippen LogP contribution in [0.3, 0.4) is 0 Å². The van der Waals surface area contributed by atoms with Crippen molar-refractivity contribution in [2.75, 3.05) is 6.61 Å². The van der Waals surface area contributed by atoms with Crippen LogP contribution >= 0.6 is 0 Å². The summed E-state index contributed by atoms with van der Waals surface area (Å²) >= 11 is 0. The quantitative estimate of drug-likeness (QED) is 0.711. The minimum atomic E-state index is 0.662. The van der Waals surface area contributed by atoms with Crippen molar-refractivity contribution >= 4 is 0 Å². The van der Waals surface area contributed by atoms with Gasteiger partial charge < -0.3 is 4.74 Å². The van der Waals surface area contributed by atoms with E-state index in [1.54, 1.807) is 0 Å². The van der Waals surface area contributed by atoms with E-state index in [1.807, 2.05) is 0 Å². The second-order valence-corrected chi connectivity index (χ2v) is 4.51. The van der Waals surface area contributed by atoms with Gasteiger partial charge >= 0.3 is 0 Å². The Kier molecular flexibility index (Phi) is 2.99. The number of fused-ring (bicyclic) bond motifs is 1. The molecule has 0 amide bonds. The van der Waals surface area contributed by atoms with Gasteiger partial charge in [-0.2, -0.15) is 0 Å². The molecule has 1 aromatic carbocycles. The molecule has 0 fully saturated rings. The summed E-state index contributed by atoms with van der Waals surface area (Å²) in [6.07, 6.45) is 3.85. The maximum Gasteiger partial charge on any atom is 0.125 e. The molecule has 1 aliphatic carbocycles. The van der Waals surface area contributed by atoms with Crippen molar-refractivity contribution < 1.29 is 4.74 Å². The van der Waals surface area contributed by atoms with Gasteiger partial charge in [0.25, 0.3) is 0 Å². The molecule has 0 unspecified atom stereocenters. The van der Waals surface area contributed by atoms with E-state index in [0.29, 0.717) is 5.92 Å². The van der Waals surface area contributed by atoms with Crippen molar-refractivity contribution in [3.8, 4) is 5.75 Å². The second-order valence-electron chi connectivity index (χ2n) is 4.51. The molecule has 1 atom stereocenters. The summed E-state index contributed by atoms with van der Waals surface area (Å²) in [6, 6.07) is 4.48. The predicted octanol–water partition coefficient (Wildman–Crippen LogP) is 3.83. The number of rotatable bonds is 2. The smallest absolute Gasteiger partial charge is 0.125 e. The van der Waals surface area contributed by atoms with Crippen LogP contribution in [0.2, 0.25) is 0 Å². The number of hydrogen-bond acceptors (Lipinski definition) is 1. The van der Waals surface area contributed by atoms with Crippen LogP contribution in [0, 0.1) is 6.92 Å². The predicted molar refractivity (Wildman–Crippen MR) is 63.7 cm³/mol. The Morgan fingerprint density at radius 2 is 2.20 bits per heavy atom. The number of benzene rings is 1. The van der Waals surface area contributed by atoms with Crippen LogP contribution in [0.5, 0.6) is 5.75 Å². The summed E-state index contributed by atoms with van der Waals surface area (Å²) in [6.45, 7) is 7.29. The molecule has 1 aliphatic rings. The first-order valence-electron chi connectivity index (χ1n) is 5.99. The van der Waals surface area contributed by atoms with Gasteiger partial charge in [-0.25, -0.2) is 0 Å². The minimum Gasteiger partial charge on any atom is -0.493 e.